The highest BCUT2D eigenvalue weighted by molar-refractivity contribution is 4.83. The molecule has 0 heterocycles. The molecule has 3 atom stereocenters. The molecular formula is C12H25N. The molecule has 0 aromatic carbocycles. The molecule has 0 saturated heterocycles. The van der Waals surface area contributed by atoms with Gasteiger partial charge >= 0.3 is 0 Å². The molecule has 13 heavy (non-hydrogen) atoms. The van der Waals surface area contributed by atoms with Crippen LogP contribution in [0.1, 0.15) is 46.5 Å². The van der Waals surface area contributed by atoms with Crippen LogP contribution >= 0.6 is 0 Å². The fourth-order valence-electron chi connectivity index (χ4n) is 2.85. The molecule has 1 nitrogen and oxygen atoms in total. The van der Waals surface area contributed by atoms with E-state index in [0.717, 1.165) is 23.8 Å². The molecule has 0 spiro atoms. The summed E-state index contributed by atoms with van der Waals surface area (Å²) >= 11 is 0. The summed E-state index contributed by atoms with van der Waals surface area (Å²) in [5, 5.41) is 3.43. The predicted octanol–water partition coefficient (Wildman–Crippen LogP) is 3.06. The molecular weight excluding hydrogens is 158 g/mol. The van der Waals surface area contributed by atoms with Crippen LogP contribution in [-0.2, 0) is 0 Å². The molecule has 0 bridgehead atoms. The summed E-state index contributed by atoms with van der Waals surface area (Å²) in [6.07, 6.45) is 5.59. The molecule has 1 heteroatoms. The third-order valence-corrected chi connectivity index (χ3v) is 3.84. The Morgan fingerprint density at radius 1 is 1.31 bits per heavy atom. The van der Waals surface area contributed by atoms with E-state index < -0.39 is 0 Å². The Kier molecular flexibility index (Phi) is 4.24. The quantitative estimate of drug-likeness (QED) is 0.709. The van der Waals surface area contributed by atoms with Gasteiger partial charge in [-0.2, -0.15) is 0 Å². The zero-order valence-corrected chi connectivity index (χ0v) is 9.64. The maximum Gasteiger partial charge on any atom is 0.00670 e. The van der Waals surface area contributed by atoms with E-state index >= 15 is 0 Å². The van der Waals surface area contributed by atoms with E-state index in [1.165, 1.54) is 25.7 Å². The van der Waals surface area contributed by atoms with Crippen molar-refractivity contribution < 1.29 is 0 Å². The Morgan fingerprint density at radius 3 is 2.46 bits per heavy atom. The molecule has 1 N–H and O–H groups in total. The summed E-state index contributed by atoms with van der Waals surface area (Å²) < 4.78 is 0. The van der Waals surface area contributed by atoms with Crippen molar-refractivity contribution in [3.8, 4) is 0 Å². The first-order valence-corrected chi connectivity index (χ1v) is 5.86. The van der Waals surface area contributed by atoms with Crippen LogP contribution in [0.5, 0.6) is 0 Å². The molecule has 1 aliphatic carbocycles. The summed E-state index contributed by atoms with van der Waals surface area (Å²) in [6.45, 7) is 7.11. The first-order chi connectivity index (χ1) is 6.19. The van der Waals surface area contributed by atoms with Gasteiger partial charge in [0, 0.05) is 6.04 Å². The lowest BCUT2D eigenvalue weighted by atomic mass is 9.71. The topological polar surface area (TPSA) is 12.0 Å². The van der Waals surface area contributed by atoms with Gasteiger partial charge in [0.15, 0.2) is 0 Å². The lowest BCUT2D eigenvalue weighted by Gasteiger charge is -2.38. The first-order valence-electron chi connectivity index (χ1n) is 5.86. The van der Waals surface area contributed by atoms with Crippen LogP contribution in [0.2, 0.25) is 0 Å². The van der Waals surface area contributed by atoms with Crippen LogP contribution in [0.3, 0.4) is 0 Å². The fourth-order valence-corrected chi connectivity index (χ4v) is 2.85. The van der Waals surface area contributed by atoms with Crippen LogP contribution in [0.4, 0.5) is 0 Å². The van der Waals surface area contributed by atoms with E-state index in [4.69, 9.17) is 0 Å². The van der Waals surface area contributed by atoms with E-state index in [2.05, 4.69) is 33.1 Å². The van der Waals surface area contributed by atoms with Crippen molar-refractivity contribution in [3.05, 3.63) is 0 Å². The number of hydrogen-bond acceptors (Lipinski definition) is 1. The summed E-state index contributed by atoms with van der Waals surface area (Å²) in [6, 6.07) is 0.787. The second-order valence-electron chi connectivity index (χ2n) is 4.87. The maximum atomic E-state index is 3.43. The van der Waals surface area contributed by atoms with E-state index in [9.17, 15) is 0 Å². The van der Waals surface area contributed by atoms with E-state index in [-0.39, 0.29) is 0 Å². The molecule has 0 radical (unpaired) electrons. The summed E-state index contributed by atoms with van der Waals surface area (Å²) in [5.74, 6) is 2.81. The molecule has 78 valence electrons. The molecule has 0 aromatic heterocycles. The van der Waals surface area contributed by atoms with Crippen molar-refractivity contribution in [1.82, 2.24) is 5.32 Å². The normalized spacial score (nSPS) is 35.3. The van der Waals surface area contributed by atoms with Crippen LogP contribution in [0, 0.1) is 17.8 Å². The van der Waals surface area contributed by atoms with Gasteiger partial charge in [0.1, 0.15) is 0 Å². The minimum atomic E-state index is 0.787. The molecule has 1 rings (SSSR count). The minimum Gasteiger partial charge on any atom is -0.317 e. The Labute approximate surface area is 83.3 Å². The zero-order valence-electron chi connectivity index (χ0n) is 9.64. The van der Waals surface area contributed by atoms with Gasteiger partial charge in [-0.25, -0.2) is 0 Å². The largest absolute Gasteiger partial charge is 0.317 e. The highest BCUT2D eigenvalue weighted by atomic mass is 14.9. The van der Waals surface area contributed by atoms with Gasteiger partial charge in [-0.15, -0.1) is 0 Å². The van der Waals surface area contributed by atoms with Gasteiger partial charge in [-0.3, -0.25) is 0 Å². The van der Waals surface area contributed by atoms with E-state index in [0.29, 0.717) is 0 Å². The monoisotopic (exact) mass is 183 g/mol. The van der Waals surface area contributed by atoms with Crippen LogP contribution in [-0.4, -0.2) is 13.1 Å². The standard InChI is InChI=1S/C12H25N/c1-5-10-6-7-11(13-4)8-12(10)9(2)3/h9-13H,5-8H2,1-4H3. The third-order valence-electron chi connectivity index (χ3n) is 3.84. The molecule has 0 amide bonds. The second kappa shape index (κ2) is 4.99. The first kappa shape index (κ1) is 11.0. The van der Waals surface area contributed by atoms with Gasteiger partial charge in [0.25, 0.3) is 0 Å². The smallest absolute Gasteiger partial charge is 0.00670 e. The highest BCUT2D eigenvalue weighted by Crippen LogP contribution is 2.36. The minimum absolute atomic E-state index is 0.787. The van der Waals surface area contributed by atoms with E-state index in [1.54, 1.807) is 0 Å². The summed E-state index contributed by atoms with van der Waals surface area (Å²) in [7, 11) is 2.11. The van der Waals surface area contributed by atoms with Crippen molar-refractivity contribution in [3.63, 3.8) is 0 Å². The second-order valence-corrected chi connectivity index (χ2v) is 4.87. The van der Waals surface area contributed by atoms with Gasteiger partial charge in [0.2, 0.25) is 0 Å². The zero-order chi connectivity index (χ0) is 9.84. The van der Waals surface area contributed by atoms with Crippen LogP contribution in [0.25, 0.3) is 0 Å². The molecule has 0 aliphatic heterocycles. The van der Waals surface area contributed by atoms with Crippen LogP contribution < -0.4 is 5.32 Å². The Balaban J connectivity index is 2.52. The molecule has 1 aliphatic rings. The predicted molar refractivity (Wildman–Crippen MR) is 58.8 cm³/mol. The fraction of sp³-hybridized carbons (Fsp3) is 1.00. The van der Waals surface area contributed by atoms with Crippen molar-refractivity contribution >= 4 is 0 Å². The number of nitrogens with one attached hydrogen (secondary N) is 1. The SMILES string of the molecule is CCC1CCC(NC)CC1C(C)C. The Morgan fingerprint density at radius 2 is 2.00 bits per heavy atom. The number of hydrogen-bond donors (Lipinski definition) is 1. The van der Waals surface area contributed by atoms with E-state index in [1.807, 2.05) is 0 Å². The van der Waals surface area contributed by atoms with Crippen molar-refractivity contribution in [2.75, 3.05) is 7.05 Å². The van der Waals surface area contributed by atoms with Gasteiger partial charge in [-0.05, 0) is 44.1 Å². The Hall–Kier alpha value is -0.0400. The van der Waals surface area contributed by atoms with Gasteiger partial charge in [0.05, 0.1) is 0 Å². The third kappa shape index (κ3) is 2.70. The van der Waals surface area contributed by atoms with Gasteiger partial charge in [-0.1, -0.05) is 27.2 Å². The van der Waals surface area contributed by atoms with Crippen LogP contribution in [0.15, 0.2) is 0 Å². The average molecular weight is 183 g/mol. The number of rotatable bonds is 3. The van der Waals surface area contributed by atoms with Crippen molar-refractivity contribution in [2.45, 2.75) is 52.5 Å². The molecule has 1 fully saturated rings. The average Bonchev–Trinajstić information content (AvgIpc) is 2.16. The maximum absolute atomic E-state index is 3.43. The lowest BCUT2D eigenvalue weighted by molar-refractivity contribution is 0.149. The van der Waals surface area contributed by atoms with Crippen molar-refractivity contribution in [1.29, 1.82) is 0 Å². The highest BCUT2D eigenvalue weighted by Gasteiger charge is 2.30. The lowest BCUT2D eigenvalue weighted by Crippen LogP contribution is -2.37. The molecule has 0 aromatic rings. The summed E-state index contributed by atoms with van der Waals surface area (Å²) in [5.41, 5.74) is 0. The summed E-state index contributed by atoms with van der Waals surface area (Å²) in [4.78, 5) is 0. The van der Waals surface area contributed by atoms with Crippen molar-refractivity contribution in [2.24, 2.45) is 17.8 Å². The molecule has 3 unspecified atom stereocenters. The Bertz CT molecular complexity index is 142. The van der Waals surface area contributed by atoms with Gasteiger partial charge < -0.3 is 5.32 Å². The molecule has 1 saturated carbocycles.